The molecule has 22 heavy (non-hydrogen) atoms. The Bertz CT molecular complexity index is 670. The molecule has 0 spiro atoms. The largest absolute Gasteiger partial charge is 0.368 e. The van der Waals surface area contributed by atoms with Crippen molar-refractivity contribution in [1.82, 2.24) is 10.3 Å². The molecule has 1 aromatic heterocycles. The van der Waals surface area contributed by atoms with E-state index in [4.69, 9.17) is 0 Å². The van der Waals surface area contributed by atoms with E-state index in [1.165, 1.54) is 0 Å². The highest BCUT2D eigenvalue weighted by molar-refractivity contribution is 7.91. The van der Waals surface area contributed by atoms with Crippen LogP contribution in [-0.2, 0) is 9.84 Å². The van der Waals surface area contributed by atoms with E-state index in [0.29, 0.717) is 24.7 Å². The maximum Gasteiger partial charge on any atom is 0.270 e. The summed E-state index contributed by atoms with van der Waals surface area (Å²) in [6.07, 6.45) is 4.32. The molecule has 7 heteroatoms. The van der Waals surface area contributed by atoms with Gasteiger partial charge in [0.05, 0.1) is 11.5 Å². The van der Waals surface area contributed by atoms with Crippen LogP contribution in [0.2, 0.25) is 0 Å². The van der Waals surface area contributed by atoms with Crippen LogP contribution in [0.1, 0.15) is 36.7 Å². The number of amides is 1. The molecule has 6 nitrogen and oxygen atoms in total. The van der Waals surface area contributed by atoms with E-state index < -0.39 is 9.84 Å². The molecule has 2 aliphatic rings. The molecule has 2 heterocycles. The van der Waals surface area contributed by atoms with E-state index in [1.54, 1.807) is 12.3 Å². The standard InChI is InChI=1S/C15H21N3O3S/c1-2-18(13-6-8-22(20,21)10-13)12-5-7-16-14(9-12)15(19)17-11-3-4-11/h5,7,9,11,13H,2-4,6,8,10H2,1H3,(H,17,19). The first kappa shape index (κ1) is 15.3. The average molecular weight is 323 g/mol. The molecule has 0 bridgehead atoms. The fraction of sp³-hybridized carbons (Fsp3) is 0.600. The Labute approximate surface area is 130 Å². The fourth-order valence-electron chi connectivity index (χ4n) is 2.88. The van der Waals surface area contributed by atoms with E-state index in [1.807, 2.05) is 13.0 Å². The van der Waals surface area contributed by atoms with Crippen LogP contribution in [0, 0.1) is 0 Å². The van der Waals surface area contributed by atoms with Gasteiger partial charge in [0.25, 0.3) is 5.91 Å². The number of hydrogen-bond donors (Lipinski definition) is 1. The smallest absolute Gasteiger partial charge is 0.270 e. The Hall–Kier alpha value is -1.63. The van der Waals surface area contributed by atoms with Crippen LogP contribution in [0.5, 0.6) is 0 Å². The third kappa shape index (κ3) is 3.40. The number of sulfone groups is 1. The molecule has 1 aliphatic carbocycles. The molecule has 1 atom stereocenters. The normalized spacial score (nSPS) is 23.2. The summed E-state index contributed by atoms with van der Waals surface area (Å²) in [6, 6.07) is 3.87. The highest BCUT2D eigenvalue weighted by atomic mass is 32.2. The molecule has 1 unspecified atom stereocenters. The Balaban J connectivity index is 1.78. The van der Waals surface area contributed by atoms with Crippen molar-refractivity contribution in [2.24, 2.45) is 0 Å². The highest BCUT2D eigenvalue weighted by Gasteiger charge is 2.32. The second kappa shape index (κ2) is 5.87. The van der Waals surface area contributed by atoms with Crippen molar-refractivity contribution in [3.8, 4) is 0 Å². The lowest BCUT2D eigenvalue weighted by Crippen LogP contribution is -2.36. The number of anilines is 1. The quantitative estimate of drug-likeness (QED) is 0.874. The van der Waals surface area contributed by atoms with Crippen LogP contribution in [0.25, 0.3) is 0 Å². The van der Waals surface area contributed by atoms with Gasteiger partial charge in [-0.25, -0.2) is 8.42 Å². The van der Waals surface area contributed by atoms with Gasteiger partial charge in [-0.1, -0.05) is 0 Å². The van der Waals surface area contributed by atoms with Gasteiger partial charge < -0.3 is 10.2 Å². The van der Waals surface area contributed by atoms with Crippen LogP contribution in [-0.4, -0.2) is 49.4 Å². The van der Waals surface area contributed by atoms with E-state index in [-0.39, 0.29) is 23.5 Å². The van der Waals surface area contributed by atoms with Crippen molar-refractivity contribution in [3.63, 3.8) is 0 Å². The minimum absolute atomic E-state index is 0.0169. The van der Waals surface area contributed by atoms with Gasteiger partial charge in [-0.05, 0) is 38.3 Å². The zero-order valence-corrected chi connectivity index (χ0v) is 13.5. The second-order valence-corrected chi connectivity index (χ2v) is 8.22. The first-order valence-corrected chi connectivity index (χ1v) is 9.54. The van der Waals surface area contributed by atoms with E-state index >= 15 is 0 Å². The number of carbonyl (C=O) groups excluding carboxylic acids is 1. The van der Waals surface area contributed by atoms with E-state index in [2.05, 4.69) is 15.2 Å². The van der Waals surface area contributed by atoms with Gasteiger partial charge in [-0.15, -0.1) is 0 Å². The molecule has 0 aromatic carbocycles. The van der Waals surface area contributed by atoms with Crippen LogP contribution in [0.4, 0.5) is 5.69 Å². The van der Waals surface area contributed by atoms with Gasteiger partial charge in [0, 0.05) is 30.5 Å². The number of nitrogens with zero attached hydrogens (tertiary/aromatic N) is 2. The van der Waals surface area contributed by atoms with Gasteiger partial charge in [0.2, 0.25) is 0 Å². The van der Waals surface area contributed by atoms with Gasteiger partial charge in [-0.2, -0.15) is 0 Å². The molecule has 2 fully saturated rings. The molecule has 120 valence electrons. The Morgan fingerprint density at radius 3 is 2.77 bits per heavy atom. The monoisotopic (exact) mass is 323 g/mol. The molecular formula is C15H21N3O3S. The van der Waals surface area contributed by atoms with Gasteiger partial charge in [0.1, 0.15) is 5.69 Å². The molecule has 1 aliphatic heterocycles. The molecule has 1 saturated heterocycles. The zero-order valence-electron chi connectivity index (χ0n) is 12.7. The van der Waals surface area contributed by atoms with Crippen LogP contribution >= 0.6 is 0 Å². The molecule has 1 aromatic rings. The molecule has 1 saturated carbocycles. The Morgan fingerprint density at radius 2 is 2.18 bits per heavy atom. The lowest BCUT2D eigenvalue weighted by molar-refractivity contribution is 0.0946. The van der Waals surface area contributed by atoms with Crippen LogP contribution < -0.4 is 10.2 Å². The number of carbonyl (C=O) groups is 1. The summed E-state index contributed by atoms with van der Waals surface area (Å²) in [6.45, 7) is 2.70. The van der Waals surface area contributed by atoms with E-state index in [9.17, 15) is 13.2 Å². The van der Waals surface area contributed by atoms with Crippen LogP contribution in [0.3, 0.4) is 0 Å². The Kier molecular flexibility index (Phi) is 4.08. The predicted octanol–water partition coefficient (Wildman–Crippen LogP) is 0.987. The summed E-state index contributed by atoms with van der Waals surface area (Å²) in [4.78, 5) is 18.3. The molecule has 1 N–H and O–H groups in total. The third-order valence-electron chi connectivity index (χ3n) is 4.21. The second-order valence-electron chi connectivity index (χ2n) is 5.99. The van der Waals surface area contributed by atoms with Crippen molar-refractivity contribution in [2.45, 2.75) is 38.3 Å². The van der Waals surface area contributed by atoms with Crippen molar-refractivity contribution in [1.29, 1.82) is 0 Å². The number of pyridine rings is 1. The van der Waals surface area contributed by atoms with Gasteiger partial charge in [-0.3, -0.25) is 9.78 Å². The number of nitrogens with one attached hydrogen (secondary N) is 1. The fourth-order valence-corrected chi connectivity index (χ4v) is 4.61. The first-order valence-electron chi connectivity index (χ1n) is 7.72. The predicted molar refractivity (Wildman–Crippen MR) is 84.8 cm³/mol. The molecular weight excluding hydrogens is 302 g/mol. The molecule has 3 rings (SSSR count). The SMILES string of the molecule is CCN(c1ccnc(C(=O)NC2CC2)c1)C1CCS(=O)(=O)C1. The number of hydrogen-bond acceptors (Lipinski definition) is 5. The van der Waals surface area contributed by atoms with Gasteiger partial charge >= 0.3 is 0 Å². The zero-order chi connectivity index (χ0) is 15.7. The summed E-state index contributed by atoms with van der Waals surface area (Å²) in [5.41, 5.74) is 1.25. The summed E-state index contributed by atoms with van der Waals surface area (Å²) >= 11 is 0. The van der Waals surface area contributed by atoms with Crippen molar-refractivity contribution in [2.75, 3.05) is 23.0 Å². The first-order chi connectivity index (χ1) is 10.5. The lowest BCUT2D eigenvalue weighted by atomic mass is 10.2. The maximum atomic E-state index is 12.1. The lowest BCUT2D eigenvalue weighted by Gasteiger charge is -2.29. The maximum absolute atomic E-state index is 12.1. The Morgan fingerprint density at radius 1 is 1.41 bits per heavy atom. The van der Waals surface area contributed by atoms with E-state index in [0.717, 1.165) is 18.5 Å². The number of aromatic nitrogens is 1. The van der Waals surface area contributed by atoms with Crippen molar-refractivity contribution < 1.29 is 13.2 Å². The van der Waals surface area contributed by atoms with Crippen LogP contribution in [0.15, 0.2) is 18.3 Å². The minimum Gasteiger partial charge on any atom is -0.368 e. The minimum atomic E-state index is -2.93. The average Bonchev–Trinajstić information content (AvgIpc) is 3.22. The highest BCUT2D eigenvalue weighted by Crippen LogP contribution is 2.25. The molecule has 0 radical (unpaired) electrons. The third-order valence-corrected chi connectivity index (χ3v) is 5.96. The topological polar surface area (TPSA) is 79.4 Å². The van der Waals surface area contributed by atoms with Crippen molar-refractivity contribution >= 4 is 21.4 Å². The summed E-state index contributed by atoms with van der Waals surface area (Å²) in [5.74, 6) is 0.278. The van der Waals surface area contributed by atoms with Crippen molar-refractivity contribution in [3.05, 3.63) is 24.0 Å². The summed E-state index contributed by atoms with van der Waals surface area (Å²) < 4.78 is 23.4. The summed E-state index contributed by atoms with van der Waals surface area (Å²) in [7, 11) is -2.93. The number of rotatable bonds is 5. The van der Waals surface area contributed by atoms with Gasteiger partial charge in [0.15, 0.2) is 9.84 Å². The summed E-state index contributed by atoms with van der Waals surface area (Å²) in [5, 5.41) is 2.92. The molecule has 1 amide bonds.